The maximum Gasteiger partial charge on any atom is 0.262 e. The average molecular weight is 347 g/mol. The first kappa shape index (κ1) is 16.2. The molecule has 1 saturated heterocycles. The van der Waals surface area contributed by atoms with Crippen LogP contribution in [0.3, 0.4) is 0 Å². The molecule has 2 aromatic heterocycles. The molecule has 4 rings (SSSR count). The summed E-state index contributed by atoms with van der Waals surface area (Å²) in [5, 5.41) is 11.2. The van der Waals surface area contributed by atoms with E-state index in [0.717, 1.165) is 48.5 Å². The number of nitrogens with zero attached hydrogens (tertiary/aromatic N) is 3. The van der Waals surface area contributed by atoms with Crippen molar-refractivity contribution in [3.8, 4) is 0 Å². The van der Waals surface area contributed by atoms with Crippen LogP contribution in [0, 0.1) is 5.92 Å². The summed E-state index contributed by atoms with van der Waals surface area (Å²) in [6.07, 6.45) is 6.68. The van der Waals surface area contributed by atoms with Gasteiger partial charge in [0, 0.05) is 11.4 Å². The molecule has 5 nitrogen and oxygen atoms in total. The summed E-state index contributed by atoms with van der Waals surface area (Å²) in [5.74, 6) is 0.785. The van der Waals surface area contributed by atoms with Gasteiger partial charge in [-0.05, 0) is 56.7 Å². The van der Waals surface area contributed by atoms with Gasteiger partial charge in [-0.2, -0.15) is 0 Å². The van der Waals surface area contributed by atoms with Gasteiger partial charge in [-0.15, -0.1) is 11.3 Å². The van der Waals surface area contributed by atoms with Crippen LogP contribution in [0.1, 0.15) is 36.6 Å². The Kier molecular flexibility index (Phi) is 4.45. The molecule has 1 aliphatic carbocycles. The smallest absolute Gasteiger partial charge is 0.262 e. The lowest BCUT2D eigenvalue weighted by Gasteiger charge is -2.31. The SMILES string of the molecule is CC1CCN(CC(O)Cn2cnc3sc4c(c3c2=O)CCC4)CC1. The van der Waals surface area contributed by atoms with Crippen LogP contribution in [0.4, 0.5) is 0 Å². The maximum absolute atomic E-state index is 12.8. The number of piperidine rings is 1. The van der Waals surface area contributed by atoms with Crippen LogP contribution < -0.4 is 5.56 Å². The average Bonchev–Trinajstić information content (AvgIpc) is 3.13. The summed E-state index contributed by atoms with van der Waals surface area (Å²) in [7, 11) is 0. The highest BCUT2D eigenvalue weighted by molar-refractivity contribution is 7.18. The number of aliphatic hydroxyl groups is 1. The van der Waals surface area contributed by atoms with E-state index < -0.39 is 6.10 Å². The molecule has 0 aromatic carbocycles. The highest BCUT2D eigenvalue weighted by Gasteiger charge is 2.23. The highest BCUT2D eigenvalue weighted by Crippen LogP contribution is 2.34. The number of fused-ring (bicyclic) bond motifs is 3. The predicted molar refractivity (Wildman–Crippen MR) is 96.7 cm³/mol. The first-order valence-corrected chi connectivity index (χ1v) is 9.83. The number of aryl methyl sites for hydroxylation is 2. The van der Waals surface area contributed by atoms with E-state index in [-0.39, 0.29) is 5.56 Å². The third kappa shape index (κ3) is 3.03. The van der Waals surface area contributed by atoms with Crippen molar-refractivity contribution in [1.82, 2.24) is 14.5 Å². The van der Waals surface area contributed by atoms with Gasteiger partial charge in [0.2, 0.25) is 0 Å². The van der Waals surface area contributed by atoms with E-state index in [1.54, 1.807) is 22.2 Å². The number of rotatable bonds is 4. The quantitative estimate of drug-likeness (QED) is 0.919. The number of hydrogen-bond acceptors (Lipinski definition) is 5. The molecule has 0 radical (unpaired) electrons. The maximum atomic E-state index is 12.8. The third-order valence-corrected chi connectivity index (χ3v) is 6.64. The zero-order valence-corrected chi connectivity index (χ0v) is 15.0. The van der Waals surface area contributed by atoms with Crippen molar-refractivity contribution in [1.29, 1.82) is 0 Å². The van der Waals surface area contributed by atoms with Crippen molar-refractivity contribution < 1.29 is 5.11 Å². The monoisotopic (exact) mass is 347 g/mol. The fraction of sp³-hybridized carbons (Fsp3) is 0.667. The zero-order chi connectivity index (χ0) is 16.7. The number of hydrogen-bond donors (Lipinski definition) is 1. The van der Waals surface area contributed by atoms with E-state index in [9.17, 15) is 9.90 Å². The Morgan fingerprint density at radius 3 is 2.92 bits per heavy atom. The van der Waals surface area contributed by atoms with Crippen molar-refractivity contribution in [3.63, 3.8) is 0 Å². The van der Waals surface area contributed by atoms with E-state index in [1.807, 2.05) is 0 Å². The Morgan fingerprint density at radius 1 is 1.33 bits per heavy atom. The molecule has 3 heterocycles. The fourth-order valence-corrected chi connectivity index (χ4v) is 5.20. The van der Waals surface area contributed by atoms with Crippen LogP contribution in [-0.2, 0) is 19.4 Å². The molecular weight excluding hydrogens is 322 g/mol. The van der Waals surface area contributed by atoms with Gasteiger partial charge in [-0.3, -0.25) is 9.36 Å². The van der Waals surface area contributed by atoms with Crippen LogP contribution >= 0.6 is 11.3 Å². The molecule has 1 N–H and O–H groups in total. The van der Waals surface area contributed by atoms with Gasteiger partial charge in [0.25, 0.3) is 5.56 Å². The summed E-state index contributed by atoms with van der Waals surface area (Å²) in [6, 6.07) is 0. The molecule has 0 amide bonds. The molecule has 1 fully saturated rings. The fourth-order valence-electron chi connectivity index (χ4n) is 3.98. The van der Waals surface area contributed by atoms with E-state index in [0.29, 0.717) is 13.1 Å². The second kappa shape index (κ2) is 6.58. The minimum absolute atomic E-state index is 0.0192. The molecule has 1 aliphatic heterocycles. The molecule has 2 aromatic rings. The molecule has 1 unspecified atom stereocenters. The van der Waals surface area contributed by atoms with Crippen LogP contribution in [-0.4, -0.2) is 45.3 Å². The Morgan fingerprint density at radius 2 is 2.12 bits per heavy atom. The van der Waals surface area contributed by atoms with Crippen molar-refractivity contribution in [2.24, 2.45) is 5.92 Å². The van der Waals surface area contributed by atoms with E-state index >= 15 is 0 Å². The molecule has 0 saturated carbocycles. The van der Waals surface area contributed by atoms with Gasteiger partial charge in [0.1, 0.15) is 4.83 Å². The van der Waals surface area contributed by atoms with Gasteiger partial charge in [0.15, 0.2) is 0 Å². The molecule has 24 heavy (non-hydrogen) atoms. The van der Waals surface area contributed by atoms with Gasteiger partial charge >= 0.3 is 0 Å². The summed E-state index contributed by atoms with van der Waals surface area (Å²) in [6.45, 7) is 5.34. The Balaban J connectivity index is 1.50. The summed E-state index contributed by atoms with van der Waals surface area (Å²) in [5.41, 5.74) is 1.23. The predicted octanol–water partition coefficient (Wildman–Crippen LogP) is 2.04. The van der Waals surface area contributed by atoms with Gasteiger partial charge in [0.05, 0.1) is 24.4 Å². The second-order valence-electron chi connectivity index (χ2n) is 7.38. The number of β-amino-alcohol motifs (C(OH)–C–C–N with tert-alkyl or cyclic N) is 1. The standard InChI is InChI=1S/C18H25N3O2S/c1-12-5-7-20(8-6-12)9-13(22)10-21-11-19-17-16(18(21)23)14-3-2-4-15(14)24-17/h11-13,22H,2-10H2,1H3. The minimum Gasteiger partial charge on any atom is -0.390 e. The van der Waals surface area contributed by atoms with Crippen LogP contribution in [0.25, 0.3) is 10.2 Å². The van der Waals surface area contributed by atoms with Gasteiger partial charge < -0.3 is 10.0 Å². The lowest BCUT2D eigenvalue weighted by atomic mass is 9.99. The summed E-state index contributed by atoms with van der Waals surface area (Å²) >= 11 is 1.66. The highest BCUT2D eigenvalue weighted by atomic mass is 32.1. The molecule has 130 valence electrons. The van der Waals surface area contributed by atoms with Crippen LogP contribution in [0.15, 0.2) is 11.1 Å². The molecule has 6 heteroatoms. The molecular formula is C18H25N3O2S. The van der Waals surface area contributed by atoms with Gasteiger partial charge in [-0.1, -0.05) is 6.92 Å². The van der Waals surface area contributed by atoms with E-state index in [4.69, 9.17) is 0 Å². The number of aromatic nitrogens is 2. The summed E-state index contributed by atoms with van der Waals surface area (Å²) in [4.78, 5) is 21.8. The molecule has 0 bridgehead atoms. The minimum atomic E-state index is -0.526. The van der Waals surface area contributed by atoms with Crippen molar-refractivity contribution in [3.05, 3.63) is 27.1 Å². The normalized spacial score (nSPS) is 20.6. The van der Waals surface area contributed by atoms with Crippen LogP contribution in [0.2, 0.25) is 0 Å². The van der Waals surface area contributed by atoms with Crippen molar-refractivity contribution in [2.75, 3.05) is 19.6 Å². The van der Waals surface area contributed by atoms with Crippen molar-refractivity contribution >= 4 is 21.6 Å². The molecule has 1 atom stereocenters. The summed E-state index contributed by atoms with van der Waals surface area (Å²) < 4.78 is 1.60. The molecule has 2 aliphatic rings. The largest absolute Gasteiger partial charge is 0.390 e. The number of thiophene rings is 1. The zero-order valence-electron chi connectivity index (χ0n) is 14.2. The second-order valence-corrected chi connectivity index (χ2v) is 8.46. The first-order valence-electron chi connectivity index (χ1n) is 9.02. The lowest BCUT2D eigenvalue weighted by molar-refractivity contribution is 0.0794. The molecule has 0 spiro atoms. The van der Waals surface area contributed by atoms with E-state index in [1.165, 1.54) is 23.3 Å². The third-order valence-electron chi connectivity index (χ3n) is 5.44. The number of aliphatic hydroxyl groups excluding tert-OH is 1. The Labute approximate surface area is 145 Å². The van der Waals surface area contributed by atoms with E-state index in [2.05, 4.69) is 16.8 Å². The lowest BCUT2D eigenvalue weighted by Crippen LogP contribution is -2.40. The Hall–Kier alpha value is -1.24. The Bertz CT molecular complexity index is 789. The first-order chi connectivity index (χ1) is 11.6. The van der Waals surface area contributed by atoms with Crippen molar-refractivity contribution in [2.45, 2.75) is 51.7 Å². The topological polar surface area (TPSA) is 58.4 Å². The van der Waals surface area contributed by atoms with Crippen LogP contribution in [0.5, 0.6) is 0 Å². The van der Waals surface area contributed by atoms with Gasteiger partial charge in [-0.25, -0.2) is 4.98 Å². The number of likely N-dealkylation sites (tertiary alicyclic amines) is 1.